The first-order valence-corrected chi connectivity index (χ1v) is 11.3. The third-order valence-electron chi connectivity index (χ3n) is 5.76. The zero-order valence-corrected chi connectivity index (χ0v) is 16.3. The molecule has 0 atom stereocenters. The molecule has 0 spiro atoms. The van der Waals surface area contributed by atoms with Crippen molar-refractivity contribution in [3.8, 4) is 0 Å². The van der Waals surface area contributed by atoms with E-state index in [1.54, 1.807) is 16.4 Å². The summed E-state index contributed by atoms with van der Waals surface area (Å²) in [4.78, 5) is 3.04. The zero-order chi connectivity index (χ0) is 17.7. The summed E-state index contributed by atoms with van der Waals surface area (Å²) < 4.78 is 27.4. The fourth-order valence-electron chi connectivity index (χ4n) is 4.06. The second kappa shape index (κ2) is 8.65. The normalized spacial score (nSPS) is 22.0. The molecule has 3 rings (SSSR count). The number of piperidine rings is 1. The van der Waals surface area contributed by atoms with Crippen molar-refractivity contribution >= 4 is 10.0 Å². The van der Waals surface area contributed by atoms with E-state index >= 15 is 0 Å². The van der Waals surface area contributed by atoms with E-state index < -0.39 is 10.0 Å². The van der Waals surface area contributed by atoms with E-state index in [9.17, 15) is 8.42 Å². The topological polar surface area (TPSA) is 40.6 Å². The number of aryl methyl sites for hydroxylation is 1. The van der Waals surface area contributed by atoms with Crippen molar-refractivity contribution in [2.45, 2.75) is 56.8 Å². The van der Waals surface area contributed by atoms with Gasteiger partial charge in [0, 0.05) is 19.6 Å². The molecule has 0 aromatic heterocycles. The molecular weight excluding hydrogens is 332 g/mol. The summed E-state index contributed by atoms with van der Waals surface area (Å²) in [5, 5.41) is 0. The number of likely N-dealkylation sites (tertiary alicyclic amines) is 1. The molecule has 2 aliphatic rings. The minimum atomic E-state index is -3.33. The lowest BCUT2D eigenvalue weighted by Crippen LogP contribution is -2.41. The number of rotatable bonds is 5. The highest BCUT2D eigenvalue weighted by Crippen LogP contribution is 2.25. The van der Waals surface area contributed by atoms with Crippen LogP contribution in [-0.2, 0) is 16.4 Å². The standard InChI is InChI=1S/C20H32N2O2S/c1-2-18-7-9-20(10-8-18)25(23,24)22-15-11-19(12-16-22)17-21-13-5-3-4-6-14-21/h7-10,19H,2-6,11-17H2,1H3. The van der Waals surface area contributed by atoms with E-state index in [1.807, 2.05) is 12.1 Å². The summed E-state index contributed by atoms with van der Waals surface area (Å²) in [5.74, 6) is 0.645. The van der Waals surface area contributed by atoms with Gasteiger partial charge < -0.3 is 4.90 Å². The molecular formula is C20H32N2O2S. The molecule has 0 N–H and O–H groups in total. The third-order valence-corrected chi connectivity index (χ3v) is 7.67. The Hall–Kier alpha value is -0.910. The van der Waals surface area contributed by atoms with Gasteiger partial charge in [0.15, 0.2) is 0 Å². The highest BCUT2D eigenvalue weighted by Gasteiger charge is 2.30. The first kappa shape index (κ1) is 18.9. The van der Waals surface area contributed by atoms with Crippen LogP contribution in [0.5, 0.6) is 0 Å². The fraction of sp³-hybridized carbons (Fsp3) is 0.700. The maximum Gasteiger partial charge on any atom is 0.243 e. The van der Waals surface area contributed by atoms with E-state index in [0.29, 0.717) is 23.9 Å². The molecule has 0 unspecified atom stereocenters. The van der Waals surface area contributed by atoms with Crippen LogP contribution >= 0.6 is 0 Å². The molecule has 4 nitrogen and oxygen atoms in total. The van der Waals surface area contributed by atoms with Gasteiger partial charge in [-0.25, -0.2) is 8.42 Å². The van der Waals surface area contributed by atoms with E-state index in [1.165, 1.54) is 44.3 Å². The number of hydrogen-bond donors (Lipinski definition) is 0. The van der Waals surface area contributed by atoms with Crippen molar-refractivity contribution in [1.29, 1.82) is 0 Å². The summed E-state index contributed by atoms with van der Waals surface area (Å²) in [5.41, 5.74) is 1.18. The van der Waals surface area contributed by atoms with Gasteiger partial charge in [0.2, 0.25) is 10.0 Å². The molecule has 0 radical (unpaired) electrons. The number of sulfonamides is 1. The summed E-state index contributed by atoms with van der Waals surface area (Å²) in [6.07, 6.45) is 8.28. The quantitative estimate of drug-likeness (QED) is 0.802. The van der Waals surface area contributed by atoms with Crippen molar-refractivity contribution < 1.29 is 8.42 Å². The Morgan fingerprint density at radius 1 is 0.920 bits per heavy atom. The van der Waals surface area contributed by atoms with Crippen LogP contribution in [0.15, 0.2) is 29.2 Å². The van der Waals surface area contributed by atoms with Gasteiger partial charge in [0.25, 0.3) is 0 Å². The molecule has 2 heterocycles. The van der Waals surface area contributed by atoms with Gasteiger partial charge in [0.05, 0.1) is 4.90 Å². The minimum Gasteiger partial charge on any atom is -0.303 e. The predicted octanol–water partition coefficient (Wildman–Crippen LogP) is 3.53. The number of benzene rings is 1. The number of hydrogen-bond acceptors (Lipinski definition) is 3. The van der Waals surface area contributed by atoms with Crippen molar-refractivity contribution in [3.63, 3.8) is 0 Å². The van der Waals surface area contributed by atoms with Crippen LogP contribution < -0.4 is 0 Å². The summed E-state index contributed by atoms with van der Waals surface area (Å²) >= 11 is 0. The van der Waals surface area contributed by atoms with Crippen LogP contribution in [0.1, 0.15) is 51.0 Å². The van der Waals surface area contributed by atoms with E-state index in [4.69, 9.17) is 0 Å². The third kappa shape index (κ3) is 4.83. The molecule has 5 heteroatoms. The monoisotopic (exact) mass is 364 g/mol. The van der Waals surface area contributed by atoms with E-state index in [-0.39, 0.29) is 0 Å². The Morgan fingerprint density at radius 3 is 2.08 bits per heavy atom. The Kier molecular flexibility index (Phi) is 6.53. The minimum absolute atomic E-state index is 0.440. The highest BCUT2D eigenvalue weighted by atomic mass is 32.2. The Balaban J connectivity index is 1.55. The fourth-order valence-corrected chi connectivity index (χ4v) is 5.53. The molecule has 0 saturated carbocycles. The Morgan fingerprint density at radius 2 is 1.52 bits per heavy atom. The average Bonchev–Trinajstić information content (AvgIpc) is 2.91. The van der Waals surface area contributed by atoms with Crippen LogP contribution in [0, 0.1) is 5.92 Å². The molecule has 0 amide bonds. The first-order chi connectivity index (χ1) is 12.1. The van der Waals surface area contributed by atoms with Crippen LogP contribution in [0.25, 0.3) is 0 Å². The van der Waals surface area contributed by atoms with Crippen LogP contribution in [0.2, 0.25) is 0 Å². The summed E-state index contributed by atoms with van der Waals surface area (Å²) in [6.45, 7) is 7.01. The molecule has 1 aromatic rings. The summed E-state index contributed by atoms with van der Waals surface area (Å²) in [6, 6.07) is 7.38. The van der Waals surface area contributed by atoms with E-state index in [0.717, 1.165) is 25.8 Å². The lowest BCUT2D eigenvalue weighted by molar-refractivity contribution is 0.186. The zero-order valence-electron chi connectivity index (χ0n) is 15.5. The molecule has 0 aliphatic carbocycles. The van der Waals surface area contributed by atoms with Crippen molar-refractivity contribution in [3.05, 3.63) is 29.8 Å². The van der Waals surface area contributed by atoms with Crippen LogP contribution in [-0.4, -0.2) is 50.3 Å². The Labute approximate surface area is 153 Å². The maximum absolute atomic E-state index is 12.8. The lowest BCUT2D eigenvalue weighted by Gasteiger charge is -2.34. The van der Waals surface area contributed by atoms with Crippen molar-refractivity contribution in [1.82, 2.24) is 9.21 Å². The van der Waals surface area contributed by atoms with Gasteiger partial charge in [-0.3, -0.25) is 0 Å². The largest absolute Gasteiger partial charge is 0.303 e. The van der Waals surface area contributed by atoms with Crippen molar-refractivity contribution in [2.24, 2.45) is 5.92 Å². The molecule has 1 aromatic carbocycles. The summed E-state index contributed by atoms with van der Waals surface area (Å²) in [7, 11) is -3.33. The second-order valence-electron chi connectivity index (χ2n) is 7.56. The lowest BCUT2D eigenvalue weighted by atomic mass is 9.97. The van der Waals surface area contributed by atoms with Crippen molar-refractivity contribution in [2.75, 3.05) is 32.7 Å². The van der Waals surface area contributed by atoms with Gasteiger partial charge in [-0.15, -0.1) is 0 Å². The number of nitrogens with zero attached hydrogens (tertiary/aromatic N) is 2. The maximum atomic E-state index is 12.8. The average molecular weight is 365 g/mol. The molecule has 25 heavy (non-hydrogen) atoms. The SMILES string of the molecule is CCc1ccc(S(=O)(=O)N2CCC(CN3CCCCCC3)CC2)cc1. The highest BCUT2D eigenvalue weighted by molar-refractivity contribution is 7.89. The molecule has 140 valence electrons. The van der Waals surface area contributed by atoms with Gasteiger partial charge in [-0.2, -0.15) is 4.31 Å². The van der Waals surface area contributed by atoms with Crippen LogP contribution in [0.3, 0.4) is 0 Å². The van der Waals surface area contributed by atoms with Crippen LogP contribution in [0.4, 0.5) is 0 Å². The molecule has 2 fully saturated rings. The predicted molar refractivity (Wildman–Crippen MR) is 102 cm³/mol. The smallest absolute Gasteiger partial charge is 0.243 e. The first-order valence-electron chi connectivity index (χ1n) is 9.91. The second-order valence-corrected chi connectivity index (χ2v) is 9.50. The van der Waals surface area contributed by atoms with Gasteiger partial charge in [-0.1, -0.05) is 31.9 Å². The van der Waals surface area contributed by atoms with Gasteiger partial charge in [0.1, 0.15) is 0 Å². The molecule has 2 saturated heterocycles. The molecule has 2 aliphatic heterocycles. The van der Waals surface area contributed by atoms with Gasteiger partial charge >= 0.3 is 0 Å². The Bertz CT molecular complexity index is 626. The van der Waals surface area contributed by atoms with E-state index in [2.05, 4.69) is 11.8 Å². The molecule has 0 bridgehead atoms. The van der Waals surface area contributed by atoms with Gasteiger partial charge in [-0.05, 0) is 68.8 Å².